The van der Waals surface area contributed by atoms with Crippen LogP contribution in [0.3, 0.4) is 0 Å². The topological polar surface area (TPSA) is 46.2 Å². The van der Waals surface area contributed by atoms with E-state index in [4.69, 9.17) is 28.9 Å². The van der Waals surface area contributed by atoms with Gasteiger partial charge in [-0.05, 0) is 12.1 Å². The van der Waals surface area contributed by atoms with Crippen LogP contribution < -0.4 is 5.73 Å². The van der Waals surface area contributed by atoms with Gasteiger partial charge in [0.05, 0.1) is 6.10 Å². The summed E-state index contributed by atoms with van der Waals surface area (Å²) in [7, 11) is 0. The molecule has 0 aliphatic rings. The molecule has 0 fully saturated rings. The number of halogens is 6. The summed E-state index contributed by atoms with van der Waals surface area (Å²) in [5.74, 6) is 0. The fourth-order valence-corrected chi connectivity index (χ4v) is 1.97. The Balaban J connectivity index is 0.00000289. The van der Waals surface area contributed by atoms with Crippen molar-refractivity contribution in [3.63, 3.8) is 0 Å². The van der Waals surface area contributed by atoms with Gasteiger partial charge in [-0.3, -0.25) is 0 Å². The molecule has 2 nitrogen and oxygen atoms in total. The van der Waals surface area contributed by atoms with Crippen molar-refractivity contribution in [2.24, 2.45) is 5.73 Å². The predicted molar refractivity (Wildman–Crippen MR) is 67.3 cm³/mol. The standard InChI is InChI=1S/C10H10Cl2F3NO.ClH/c11-5-2-1-3-6(12)9(5)7(17)4-8(16)10(13,14)15;/h1-3,7-8,17H,4,16H2;1H/t7-,8-;/m1./s1. The Labute approximate surface area is 118 Å². The Hall–Kier alpha value is -0.200. The molecule has 1 rings (SSSR count). The SMILES string of the molecule is Cl.N[C@H](C[C@@H](O)c1c(Cl)cccc1Cl)C(F)(F)F. The zero-order chi connectivity index (χ0) is 13.2. The van der Waals surface area contributed by atoms with Crippen molar-refractivity contribution < 1.29 is 18.3 Å². The highest BCUT2D eigenvalue weighted by atomic mass is 35.5. The number of aliphatic hydroxyl groups is 1. The van der Waals surface area contributed by atoms with Gasteiger partial charge in [0.2, 0.25) is 0 Å². The van der Waals surface area contributed by atoms with E-state index >= 15 is 0 Å². The van der Waals surface area contributed by atoms with Crippen molar-refractivity contribution in [1.29, 1.82) is 0 Å². The molecule has 0 saturated carbocycles. The van der Waals surface area contributed by atoms with Gasteiger partial charge in [0.25, 0.3) is 0 Å². The lowest BCUT2D eigenvalue weighted by Crippen LogP contribution is -2.38. The lowest BCUT2D eigenvalue weighted by atomic mass is 10.0. The Bertz CT molecular complexity index is 380. The first-order chi connectivity index (χ1) is 7.73. The third-order valence-corrected chi connectivity index (χ3v) is 2.89. The van der Waals surface area contributed by atoms with E-state index in [0.29, 0.717) is 0 Å². The maximum absolute atomic E-state index is 12.2. The monoisotopic (exact) mass is 323 g/mol. The molecular formula is C10H11Cl3F3NO. The highest BCUT2D eigenvalue weighted by Crippen LogP contribution is 2.34. The van der Waals surface area contributed by atoms with Gasteiger partial charge in [-0.15, -0.1) is 12.4 Å². The largest absolute Gasteiger partial charge is 0.403 e. The van der Waals surface area contributed by atoms with Gasteiger partial charge in [0.1, 0.15) is 6.04 Å². The van der Waals surface area contributed by atoms with Crippen molar-refractivity contribution >= 4 is 35.6 Å². The van der Waals surface area contributed by atoms with Crippen LogP contribution in [0.2, 0.25) is 10.0 Å². The van der Waals surface area contributed by atoms with Crippen LogP contribution in [-0.2, 0) is 0 Å². The van der Waals surface area contributed by atoms with Crippen molar-refractivity contribution in [3.8, 4) is 0 Å². The van der Waals surface area contributed by atoms with Crippen LogP contribution in [-0.4, -0.2) is 17.3 Å². The summed E-state index contributed by atoms with van der Waals surface area (Å²) in [6, 6.07) is 2.28. The van der Waals surface area contributed by atoms with Crippen molar-refractivity contribution in [2.45, 2.75) is 24.7 Å². The summed E-state index contributed by atoms with van der Waals surface area (Å²) in [5.41, 5.74) is 4.98. The molecule has 104 valence electrons. The first-order valence-electron chi connectivity index (χ1n) is 4.67. The fourth-order valence-electron chi connectivity index (χ4n) is 1.32. The molecule has 0 saturated heterocycles. The van der Waals surface area contributed by atoms with E-state index < -0.39 is 24.7 Å². The third-order valence-electron chi connectivity index (χ3n) is 2.23. The summed E-state index contributed by atoms with van der Waals surface area (Å²) in [6.07, 6.45) is -6.70. The molecule has 2 atom stereocenters. The summed E-state index contributed by atoms with van der Waals surface area (Å²) >= 11 is 11.5. The zero-order valence-electron chi connectivity index (χ0n) is 8.92. The van der Waals surface area contributed by atoms with Gasteiger partial charge in [0.15, 0.2) is 0 Å². The summed E-state index contributed by atoms with van der Waals surface area (Å²) in [5, 5.41) is 9.89. The van der Waals surface area contributed by atoms with E-state index in [1.807, 2.05) is 0 Å². The molecule has 0 heterocycles. The van der Waals surface area contributed by atoms with Gasteiger partial charge in [-0.25, -0.2) is 0 Å². The molecule has 1 aromatic carbocycles. The van der Waals surface area contributed by atoms with Gasteiger partial charge in [-0.1, -0.05) is 29.3 Å². The van der Waals surface area contributed by atoms with Gasteiger partial charge >= 0.3 is 6.18 Å². The quantitative estimate of drug-likeness (QED) is 0.890. The molecule has 0 aliphatic heterocycles. The molecule has 0 spiro atoms. The van der Waals surface area contributed by atoms with Gasteiger partial charge in [-0.2, -0.15) is 13.2 Å². The number of nitrogens with two attached hydrogens (primary N) is 1. The Morgan fingerprint density at radius 1 is 1.22 bits per heavy atom. The molecule has 0 unspecified atom stereocenters. The first kappa shape index (κ1) is 17.8. The van der Waals surface area contributed by atoms with E-state index in [2.05, 4.69) is 0 Å². The predicted octanol–water partition coefficient (Wildman–Crippen LogP) is 3.73. The van der Waals surface area contributed by atoms with Crippen LogP contribution in [0.1, 0.15) is 18.1 Å². The minimum Gasteiger partial charge on any atom is -0.388 e. The number of hydrogen-bond acceptors (Lipinski definition) is 2. The molecule has 18 heavy (non-hydrogen) atoms. The maximum Gasteiger partial charge on any atom is 0.403 e. The molecule has 0 aliphatic carbocycles. The molecule has 0 bridgehead atoms. The van der Waals surface area contributed by atoms with E-state index in [9.17, 15) is 18.3 Å². The Morgan fingerprint density at radius 3 is 2.06 bits per heavy atom. The minimum atomic E-state index is -4.56. The van der Waals surface area contributed by atoms with Crippen molar-refractivity contribution in [3.05, 3.63) is 33.8 Å². The first-order valence-corrected chi connectivity index (χ1v) is 5.43. The molecule has 0 amide bonds. The van der Waals surface area contributed by atoms with Gasteiger partial charge < -0.3 is 10.8 Å². The van der Waals surface area contributed by atoms with Gasteiger partial charge in [0, 0.05) is 22.0 Å². The lowest BCUT2D eigenvalue weighted by Gasteiger charge is -2.20. The van der Waals surface area contributed by atoms with Crippen LogP contribution in [0, 0.1) is 0 Å². The van der Waals surface area contributed by atoms with Crippen LogP contribution in [0.25, 0.3) is 0 Å². The van der Waals surface area contributed by atoms with Crippen LogP contribution >= 0.6 is 35.6 Å². The lowest BCUT2D eigenvalue weighted by molar-refractivity contribution is -0.153. The van der Waals surface area contributed by atoms with E-state index in [-0.39, 0.29) is 28.0 Å². The van der Waals surface area contributed by atoms with Crippen LogP contribution in [0.4, 0.5) is 13.2 Å². The Kier molecular flexibility index (Phi) is 6.74. The number of benzene rings is 1. The summed E-state index contributed by atoms with van der Waals surface area (Å²) < 4.78 is 36.7. The molecule has 1 aromatic rings. The number of alkyl halides is 3. The molecular weight excluding hydrogens is 313 g/mol. The second-order valence-electron chi connectivity index (χ2n) is 3.53. The molecule has 0 aromatic heterocycles. The van der Waals surface area contributed by atoms with Crippen LogP contribution in [0.5, 0.6) is 0 Å². The second kappa shape index (κ2) is 6.82. The highest BCUT2D eigenvalue weighted by Gasteiger charge is 2.38. The number of aliphatic hydroxyl groups excluding tert-OH is 1. The minimum absolute atomic E-state index is 0. The van der Waals surface area contributed by atoms with Crippen LogP contribution in [0.15, 0.2) is 18.2 Å². The van der Waals surface area contributed by atoms with Crippen molar-refractivity contribution in [1.82, 2.24) is 0 Å². The maximum atomic E-state index is 12.2. The zero-order valence-corrected chi connectivity index (χ0v) is 11.2. The highest BCUT2D eigenvalue weighted by molar-refractivity contribution is 6.36. The molecule has 8 heteroatoms. The normalized spacial score (nSPS) is 14.8. The second-order valence-corrected chi connectivity index (χ2v) is 4.35. The van der Waals surface area contributed by atoms with E-state index in [1.165, 1.54) is 18.2 Å². The third kappa shape index (κ3) is 4.48. The summed E-state index contributed by atoms with van der Waals surface area (Å²) in [6.45, 7) is 0. The molecule has 0 radical (unpaired) electrons. The van der Waals surface area contributed by atoms with E-state index in [1.54, 1.807) is 0 Å². The Morgan fingerprint density at radius 2 is 1.67 bits per heavy atom. The fraction of sp³-hybridized carbons (Fsp3) is 0.400. The van der Waals surface area contributed by atoms with Crippen molar-refractivity contribution in [2.75, 3.05) is 0 Å². The molecule has 3 N–H and O–H groups in total. The average Bonchev–Trinajstić information content (AvgIpc) is 2.15. The summed E-state index contributed by atoms with van der Waals surface area (Å²) in [4.78, 5) is 0. The smallest absolute Gasteiger partial charge is 0.388 e. The average molecular weight is 325 g/mol. The van der Waals surface area contributed by atoms with E-state index in [0.717, 1.165) is 0 Å². The number of rotatable bonds is 3. The number of hydrogen-bond donors (Lipinski definition) is 2.